The van der Waals surface area contributed by atoms with Gasteiger partial charge in [-0.15, -0.1) is 13.2 Å². The first-order valence-electron chi connectivity index (χ1n) is 15.8. The van der Waals surface area contributed by atoms with Crippen molar-refractivity contribution in [2.45, 2.75) is 76.5 Å². The zero-order valence-electron chi connectivity index (χ0n) is 28.7. The molecule has 1 aliphatic heterocycles. The Labute approximate surface area is 293 Å². The number of amides is 1. The fraction of sp³-hybridized carbons (Fsp3) is 0.417. The van der Waals surface area contributed by atoms with E-state index in [-0.39, 0.29) is 12.0 Å². The monoisotopic (exact) mass is 717 g/mol. The van der Waals surface area contributed by atoms with E-state index in [2.05, 4.69) is 15.2 Å². The Morgan fingerprint density at radius 2 is 1.68 bits per heavy atom. The molecule has 50 heavy (non-hydrogen) atoms. The van der Waals surface area contributed by atoms with E-state index in [9.17, 15) is 22.8 Å². The number of benzene rings is 3. The molecule has 1 amide bonds. The van der Waals surface area contributed by atoms with Gasteiger partial charge in [0.25, 0.3) is 5.91 Å². The molecule has 1 aliphatic carbocycles. The van der Waals surface area contributed by atoms with Crippen LogP contribution >= 0.6 is 11.6 Å². The van der Waals surface area contributed by atoms with E-state index in [1.807, 2.05) is 0 Å². The van der Waals surface area contributed by atoms with Crippen molar-refractivity contribution < 1.29 is 46.5 Å². The maximum atomic E-state index is 14.7. The highest BCUT2D eigenvalue weighted by molar-refractivity contribution is 6.30. The second kappa shape index (κ2) is 13.6. The molecule has 1 fully saturated rings. The summed E-state index contributed by atoms with van der Waals surface area (Å²) in [7, 11) is 2.92. The van der Waals surface area contributed by atoms with Crippen molar-refractivity contribution in [3.63, 3.8) is 0 Å². The third kappa shape index (κ3) is 8.38. The molecule has 5 rings (SSSR count). The summed E-state index contributed by atoms with van der Waals surface area (Å²) in [5, 5.41) is 7.68. The highest BCUT2D eigenvalue weighted by atomic mass is 35.5. The first-order chi connectivity index (χ1) is 23.3. The molecule has 2 aliphatic rings. The van der Waals surface area contributed by atoms with E-state index in [4.69, 9.17) is 30.6 Å². The highest BCUT2D eigenvalue weighted by Crippen LogP contribution is 2.57. The fourth-order valence-corrected chi connectivity index (χ4v) is 5.86. The zero-order valence-corrected chi connectivity index (χ0v) is 29.5. The summed E-state index contributed by atoms with van der Waals surface area (Å²) in [6.07, 6.45) is -1.94. The molecule has 0 bridgehead atoms. The van der Waals surface area contributed by atoms with E-state index >= 15 is 0 Å². The Morgan fingerprint density at radius 1 is 0.960 bits per heavy atom. The molecule has 0 saturated heterocycles. The largest absolute Gasteiger partial charge is 0.573 e. The lowest BCUT2D eigenvalue weighted by Gasteiger charge is -2.28. The molecule has 1 heterocycles. The molecule has 1 saturated carbocycles. The van der Waals surface area contributed by atoms with Crippen molar-refractivity contribution >= 4 is 41.1 Å². The molecule has 1 unspecified atom stereocenters. The maximum absolute atomic E-state index is 14.7. The van der Waals surface area contributed by atoms with Gasteiger partial charge in [-0.25, -0.2) is 4.79 Å². The number of hydrogen-bond donors (Lipinski definition) is 1. The fourth-order valence-electron chi connectivity index (χ4n) is 5.70. The van der Waals surface area contributed by atoms with Gasteiger partial charge in [0.05, 0.1) is 26.1 Å². The summed E-state index contributed by atoms with van der Waals surface area (Å²) in [6, 6.07) is 12.9. The van der Waals surface area contributed by atoms with Crippen LogP contribution in [0.4, 0.5) is 24.5 Å². The standard InChI is InChI=1S/C36H39ClF3N3O7/c1-33(2,3)49-32(45)34(4,5)50-41-19-21-14-23(17-25(15-21)46-6)42-30(26-10-8-22(37)16-29(26)47-7)31(44)43-20-35(12-13-35)27-11-9-24(18-28(27)43)48-36(38,39)40/h8-11,14-19,30,42H,12-13,20H2,1-7H3/b41-19+. The lowest BCUT2D eigenvalue weighted by Crippen LogP contribution is -2.39. The maximum Gasteiger partial charge on any atom is 0.573 e. The lowest BCUT2D eigenvalue weighted by atomic mass is 9.99. The van der Waals surface area contributed by atoms with Crippen LogP contribution in [0.3, 0.4) is 0 Å². The van der Waals surface area contributed by atoms with Crippen LogP contribution in [0.1, 0.15) is 70.2 Å². The van der Waals surface area contributed by atoms with Gasteiger partial charge in [-0.1, -0.05) is 28.9 Å². The van der Waals surface area contributed by atoms with Crippen molar-refractivity contribution in [1.82, 2.24) is 0 Å². The Bertz CT molecular complexity index is 1800. The molecule has 0 aromatic heterocycles. The second-order valence-corrected chi connectivity index (χ2v) is 14.2. The molecule has 268 valence electrons. The SMILES string of the molecule is COc1cc(/C=N/OC(C)(C)C(=O)OC(C)(C)C)cc(NC(C(=O)N2CC3(CC3)c3ccc(OC(F)(F)F)cc32)c2ccc(Cl)cc2OC)c1. The topological polar surface area (TPSA) is 108 Å². The van der Waals surface area contributed by atoms with Crippen molar-refractivity contribution in [2.75, 3.05) is 31.0 Å². The number of anilines is 2. The van der Waals surface area contributed by atoms with E-state index in [1.54, 1.807) is 63.2 Å². The van der Waals surface area contributed by atoms with Gasteiger partial charge >= 0.3 is 12.3 Å². The van der Waals surface area contributed by atoms with Crippen molar-refractivity contribution in [2.24, 2.45) is 5.16 Å². The number of fused-ring (bicyclic) bond motifs is 2. The second-order valence-electron chi connectivity index (χ2n) is 13.7. The third-order valence-corrected chi connectivity index (χ3v) is 8.48. The first-order valence-corrected chi connectivity index (χ1v) is 16.2. The number of methoxy groups -OCH3 is 2. The number of nitrogens with one attached hydrogen (secondary N) is 1. The minimum absolute atomic E-state index is 0.283. The Hall–Kier alpha value is -4.65. The van der Waals surface area contributed by atoms with Crippen LogP contribution in [0.5, 0.6) is 17.2 Å². The molecular weight excluding hydrogens is 679 g/mol. The molecule has 10 nitrogen and oxygen atoms in total. The minimum Gasteiger partial charge on any atom is -0.497 e. The molecule has 1 spiro atoms. The quantitative estimate of drug-likeness (QED) is 0.121. The molecule has 0 radical (unpaired) electrons. The summed E-state index contributed by atoms with van der Waals surface area (Å²) < 4.78 is 60.3. The molecule has 1 N–H and O–H groups in total. The number of nitrogens with zero attached hydrogens (tertiary/aromatic N) is 2. The summed E-state index contributed by atoms with van der Waals surface area (Å²) in [5.74, 6) is -0.730. The molecule has 3 aromatic carbocycles. The summed E-state index contributed by atoms with van der Waals surface area (Å²) in [5.41, 5.74) is 0.0499. The van der Waals surface area contributed by atoms with Gasteiger partial charge in [-0.2, -0.15) is 0 Å². The predicted octanol–water partition coefficient (Wildman–Crippen LogP) is 7.96. The van der Waals surface area contributed by atoms with E-state index in [1.165, 1.54) is 51.3 Å². The van der Waals surface area contributed by atoms with Gasteiger partial charge < -0.3 is 34.0 Å². The lowest BCUT2D eigenvalue weighted by molar-refractivity contribution is -0.274. The highest BCUT2D eigenvalue weighted by Gasteiger charge is 2.54. The third-order valence-electron chi connectivity index (χ3n) is 8.25. The van der Waals surface area contributed by atoms with Gasteiger partial charge in [0, 0.05) is 45.9 Å². The van der Waals surface area contributed by atoms with Gasteiger partial charge in [0.2, 0.25) is 5.60 Å². The van der Waals surface area contributed by atoms with Gasteiger partial charge in [0.15, 0.2) is 0 Å². The van der Waals surface area contributed by atoms with Crippen LogP contribution in [0, 0.1) is 0 Å². The van der Waals surface area contributed by atoms with Crippen molar-refractivity contribution in [1.29, 1.82) is 0 Å². The van der Waals surface area contributed by atoms with Crippen LogP contribution < -0.4 is 24.4 Å². The molecule has 14 heteroatoms. The Kier molecular flexibility index (Phi) is 9.95. The average Bonchev–Trinajstić information content (AvgIpc) is 3.73. The van der Waals surface area contributed by atoms with E-state index < -0.39 is 41.2 Å². The number of ether oxygens (including phenoxy) is 4. The zero-order chi connectivity index (χ0) is 36.6. The molecular formula is C36H39ClF3N3O7. The number of oxime groups is 1. The number of halogens is 4. The first kappa shape index (κ1) is 36.6. The van der Waals surface area contributed by atoms with Crippen LogP contribution in [-0.2, 0) is 24.6 Å². The number of esters is 1. The number of alkyl halides is 3. The molecule has 3 aromatic rings. The summed E-state index contributed by atoms with van der Waals surface area (Å²) >= 11 is 6.27. The van der Waals surface area contributed by atoms with Crippen LogP contribution in [0.15, 0.2) is 59.8 Å². The van der Waals surface area contributed by atoms with E-state index in [0.29, 0.717) is 39.0 Å². The number of carbonyl (C=O) groups excluding carboxylic acids is 2. The van der Waals surface area contributed by atoms with E-state index in [0.717, 1.165) is 18.4 Å². The Morgan fingerprint density at radius 3 is 2.30 bits per heavy atom. The van der Waals surface area contributed by atoms with Crippen LogP contribution in [0.2, 0.25) is 5.02 Å². The van der Waals surface area contributed by atoms with Gasteiger partial charge in [-0.3, -0.25) is 4.79 Å². The predicted molar refractivity (Wildman–Crippen MR) is 182 cm³/mol. The molecule has 1 atom stereocenters. The number of hydrogen-bond acceptors (Lipinski definition) is 9. The van der Waals surface area contributed by atoms with Crippen molar-refractivity contribution in [3.8, 4) is 17.2 Å². The van der Waals surface area contributed by atoms with Gasteiger partial charge in [0.1, 0.15) is 28.9 Å². The average molecular weight is 718 g/mol. The smallest absolute Gasteiger partial charge is 0.497 e. The minimum atomic E-state index is -4.90. The van der Waals surface area contributed by atoms with Crippen LogP contribution in [-0.4, -0.2) is 56.4 Å². The summed E-state index contributed by atoms with van der Waals surface area (Å²) in [4.78, 5) is 34.3. The van der Waals surface area contributed by atoms with Gasteiger partial charge in [-0.05, 0) is 83.4 Å². The number of carbonyl (C=O) groups is 2. The normalized spacial score (nSPS) is 15.8. The van der Waals surface area contributed by atoms with Crippen molar-refractivity contribution in [3.05, 3.63) is 76.3 Å². The van der Waals surface area contributed by atoms with Crippen LogP contribution in [0.25, 0.3) is 0 Å². The Balaban J connectivity index is 1.49. The number of rotatable bonds is 11. The summed E-state index contributed by atoms with van der Waals surface area (Å²) in [6.45, 7) is 8.60.